The van der Waals surface area contributed by atoms with E-state index in [9.17, 15) is 4.79 Å². The predicted octanol–water partition coefficient (Wildman–Crippen LogP) is 0.790. The van der Waals surface area contributed by atoms with Crippen LogP contribution in [-0.4, -0.2) is 11.0 Å². The molecule has 1 aromatic heterocycles. The van der Waals surface area contributed by atoms with Crippen LogP contribution in [0.4, 0.5) is 0 Å². The van der Waals surface area contributed by atoms with E-state index in [4.69, 9.17) is 16.6 Å². The van der Waals surface area contributed by atoms with Crippen LogP contribution in [0.15, 0.2) is 22.8 Å². The minimum Gasteiger partial charge on any atom is -0.467 e. The quantitative estimate of drug-likeness (QED) is 0.690. The second-order valence-electron chi connectivity index (χ2n) is 2.44. The summed E-state index contributed by atoms with van der Waals surface area (Å²) in [5.74, 6) is 0.588. The van der Waals surface area contributed by atoms with Gasteiger partial charge in [0, 0.05) is 6.92 Å². The Balaban J connectivity index is 2.27. The highest BCUT2D eigenvalue weighted by molar-refractivity contribution is 7.80. The van der Waals surface area contributed by atoms with Gasteiger partial charge in [0.1, 0.15) is 5.76 Å². The molecule has 5 heteroatoms. The molecular weight excluding hydrogens is 188 g/mol. The molecule has 0 unspecified atom stereocenters. The number of carbonyl (C=O) groups excluding carboxylic acids is 1. The van der Waals surface area contributed by atoms with E-state index in [1.54, 1.807) is 12.3 Å². The fourth-order valence-electron chi connectivity index (χ4n) is 0.785. The third-order valence-corrected chi connectivity index (χ3v) is 1.54. The molecule has 1 heterocycles. The average molecular weight is 198 g/mol. The molecule has 0 atom stereocenters. The molecule has 70 valence electrons. The third kappa shape index (κ3) is 3.71. The van der Waals surface area contributed by atoms with Crippen molar-refractivity contribution >= 4 is 23.2 Å². The number of amides is 1. The Labute approximate surface area is 81.3 Å². The summed E-state index contributed by atoms with van der Waals surface area (Å²) in [6.07, 6.45) is 1.58. The molecule has 0 saturated heterocycles. The van der Waals surface area contributed by atoms with Crippen LogP contribution >= 0.6 is 12.2 Å². The highest BCUT2D eigenvalue weighted by Gasteiger charge is 1.99. The van der Waals surface area contributed by atoms with Crippen molar-refractivity contribution in [3.05, 3.63) is 24.2 Å². The highest BCUT2D eigenvalue weighted by Crippen LogP contribution is 1.97. The zero-order valence-electron chi connectivity index (χ0n) is 7.16. The van der Waals surface area contributed by atoms with Crippen molar-refractivity contribution in [2.75, 3.05) is 0 Å². The molecule has 1 aromatic rings. The summed E-state index contributed by atoms with van der Waals surface area (Å²) in [5, 5.41) is 5.58. The molecule has 1 rings (SSSR count). The molecule has 1 amide bonds. The van der Waals surface area contributed by atoms with Crippen molar-refractivity contribution in [3.8, 4) is 0 Å². The van der Waals surface area contributed by atoms with Gasteiger partial charge >= 0.3 is 0 Å². The first-order valence-electron chi connectivity index (χ1n) is 3.76. The zero-order valence-corrected chi connectivity index (χ0v) is 7.98. The van der Waals surface area contributed by atoms with Crippen molar-refractivity contribution in [1.82, 2.24) is 10.6 Å². The van der Waals surface area contributed by atoms with Gasteiger partial charge < -0.3 is 15.1 Å². The van der Waals surface area contributed by atoms with E-state index in [1.165, 1.54) is 6.92 Å². The van der Waals surface area contributed by atoms with Gasteiger partial charge in [-0.1, -0.05) is 0 Å². The second kappa shape index (κ2) is 4.61. The largest absolute Gasteiger partial charge is 0.467 e. The van der Waals surface area contributed by atoms with Crippen molar-refractivity contribution in [1.29, 1.82) is 0 Å². The smallest absolute Gasteiger partial charge is 0.222 e. The molecule has 0 radical (unpaired) electrons. The van der Waals surface area contributed by atoms with Gasteiger partial charge in [0.05, 0.1) is 12.8 Å². The second-order valence-corrected chi connectivity index (χ2v) is 2.85. The Kier molecular flexibility index (Phi) is 3.45. The van der Waals surface area contributed by atoms with Gasteiger partial charge in [-0.3, -0.25) is 4.79 Å². The number of hydrogen-bond acceptors (Lipinski definition) is 3. The summed E-state index contributed by atoms with van der Waals surface area (Å²) in [5.41, 5.74) is 0. The van der Waals surface area contributed by atoms with Crippen molar-refractivity contribution in [3.63, 3.8) is 0 Å². The van der Waals surface area contributed by atoms with Gasteiger partial charge in [-0.15, -0.1) is 0 Å². The topological polar surface area (TPSA) is 54.3 Å². The molecule has 0 aliphatic heterocycles. The first kappa shape index (κ1) is 9.73. The SMILES string of the molecule is CC(=O)NC(=S)NCc1ccco1. The maximum absolute atomic E-state index is 10.6. The van der Waals surface area contributed by atoms with Gasteiger partial charge in [-0.2, -0.15) is 0 Å². The predicted molar refractivity (Wildman–Crippen MR) is 52.0 cm³/mol. The molecule has 0 aliphatic rings. The third-order valence-electron chi connectivity index (χ3n) is 1.29. The maximum atomic E-state index is 10.6. The first-order valence-corrected chi connectivity index (χ1v) is 4.17. The number of carbonyl (C=O) groups is 1. The number of thiocarbonyl (C=S) groups is 1. The Morgan fingerprint density at radius 1 is 1.69 bits per heavy atom. The summed E-state index contributed by atoms with van der Waals surface area (Å²) >= 11 is 4.82. The minimum atomic E-state index is -0.183. The van der Waals surface area contributed by atoms with Crippen molar-refractivity contribution in [2.45, 2.75) is 13.5 Å². The Hall–Kier alpha value is -1.36. The number of furan rings is 1. The van der Waals surface area contributed by atoms with E-state index in [1.807, 2.05) is 6.07 Å². The van der Waals surface area contributed by atoms with Crippen LogP contribution in [0.5, 0.6) is 0 Å². The molecule has 0 spiro atoms. The van der Waals surface area contributed by atoms with Gasteiger partial charge in [0.2, 0.25) is 5.91 Å². The summed E-state index contributed by atoms with van der Waals surface area (Å²) in [6, 6.07) is 3.61. The van der Waals surface area contributed by atoms with Crippen LogP contribution in [0.1, 0.15) is 12.7 Å². The van der Waals surface area contributed by atoms with E-state index >= 15 is 0 Å². The van der Waals surface area contributed by atoms with Crippen molar-refractivity contribution in [2.24, 2.45) is 0 Å². The van der Waals surface area contributed by atoms with E-state index in [0.29, 0.717) is 11.7 Å². The monoisotopic (exact) mass is 198 g/mol. The molecule has 0 saturated carbocycles. The van der Waals surface area contributed by atoms with Crippen LogP contribution < -0.4 is 10.6 Å². The lowest BCUT2D eigenvalue weighted by Crippen LogP contribution is -2.37. The standard InChI is InChI=1S/C8H10N2O2S/c1-6(11)10-8(13)9-5-7-3-2-4-12-7/h2-4H,5H2,1H3,(H2,9,10,11,13). The van der Waals surface area contributed by atoms with Crippen LogP contribution in [0.25, 0.3) is 0 Å². The Morgan fingerprint density at radius 3 is 3.00 bits per heavy atom. The normalized spacial score (nSPS) is 9.31. The van der Waals surface area contributed by atoms with Crippen molar-refractivity contribution < 1.29 is 9.21 Å². The summed E-state index contributed by atoms with van der Waals surface area (Å²) < 4.78 is 5.05. The summed E-state index contributed by atoms with van der Waals surface area (Å²) in [7, 11) is 0. The van der Waals surface area contributed by atoms with Gasteiger partial charge in [0.25, 0.3) is 0 Å². The van der Waals surface area contributed by atoms with Crippen LogP contribution in [-0.2, 0) is 11.3 Å². The average Bonchev–Trinajstić information content (AvgIpc) is 2.51. The van der Waals surface area contributed by atoms with Gasteiger partial charge in [0.15, 0.2) is 5.11 Å². The molecule has 0 bridgehead atoms. The molecule has 0 fully saturated rings. The van der Waals surface area contributed by atoms with Crippen LogP contribution in [0.2, 0.25) is 0 Å². The molecule has 13 heavy (non-hydrogen) atoms. The lowest BCUT2D eigenvalue weighted by molar-refractivity contribution is -0.117. The van der Waals surface area contributed by atoms with Crippen LogP contribution in [0, 0.1) is 0 Å². The maximum Gasteiger partial charge on any atom is 0.222 e. The highest BCUT2D eigenvalue weighted by atomic mass is 32.1. The molecule has 0 aromatic carbocycles. The van der Waals surface area contributed by atoms with E-state index < -0.39 is 0 Å². The first-order chi connectivity index (χ1) is 6.18. The fourth-order valence-corrected chi connectivity index (χ4v) is 1.00. The summed E-state index contributed by atoms with van der Waals surface area (Å²) in [4.78, 5) is 10.6. The lowest BCUT2D eigenvalue weighted by atomic mass is 10.4. The zero-order chi connectivity index (χ0) is 9.68. The number of rotatable bonds is 2. The number of nitrogens with one attached hydrogen (secondary N) is 2. The van der Waals surface area contributed by atoms with Crippen LogP contribution in [0.3, 0.4) is 0 Å². The lowest BCUT2D eigenvalue weighted by Gasteiger charge is -2.05. The van der Waals surface area contributed by atoms with Gasteiger partial charge in [-0.25, -0.2) is 0 Å². The molecule has 4 nitrogen and oxygen atoms in total. The Bertz CT molecular complexity index is 295. The minimum absolute atomic E-state index is 0.183. The molecular formula is C8H10N2O2S. The van der Waals surface area contributed by atoms with Gasteiger partial charge in [-0.05, 0) is 24.4 Å². The van der Waals surface area contributed by atoms with E-state index in [0.717, 1.165) is 5.76 Å². The van der Waals surface area contributed by atoms with E-state index in [2.05, 4.69) is 10.6 Å². The number of hydrogen-bond donors (Lipinski definition) is 2. The Morgan fingerprint density at radius 2 is 2.46 bits per heavy atom. The molecule has 0 aliphatic carbocycles. The summed E-state index contributed by atoms with van der Waals surface area (Å²) in [6.45, 7) is 1.88. The van der Waals surface area contributed by atoms with E-state index in [-0.39, 0.29) is 5.91 Å². The molecule has 2 N–H and O–H groups in total. The fraction of sp³-hybridized carbons (Fsp3) is 0.250.